The maximum absolute atomic E-state index is 12.4. The highest BCUT2D eigenvalue weighted by molar-refractivity contribution is 6.12. The summed E-state index contributed by atoms with van der Waals surface area (Å²) in [7, 11) is 0. The Bertz CT molecular complexity index is 645. The average molecular weight is 265 g/mol. The summed E-state index contributed by atoms with van der Waals surface area (Å²) in [5.74, 6) is -0.103. The molecule has 100 valence electrons. The van der Waals surface area contributed by atoms with Crippen molar-refractivity contribution in [3.63, 3.8) is 0 Å². The van der Waals surface area contributed by atoms with E-state index in [9.17, 15) is 9.59 Å². The number of hydrogen-bond donors (Lipinski definition) is 1. The minimum atomic E-state index is -0.103. The molecule has 0 amide bonds. The van der Waals surface area contributed by atoms with Gasteiger partial charge in [0.2, 0.25) is 0 Å². The topological polar surface area (TPSA) is 60.2 Å². The largest absolute Gasteiger partial charge is 0.398 e. The van der Waals surface area contributed by atoms with Gasteiger partial charge in [0.1, 0.15) is 6.29 Å². The minimum absolute atomic E-state index is 0.103. The Labute approximate surface area is 117 Å². The van der Waals surface area contributed by atoms with E-state index in [2.05, 4.69) is 0 Å². The van der Waals surface area contributed by atoms with Gasteiger partial charge in [-0.3, -0.25) is 4.79 Å². The first kappa shape index (κ1) is 13.7. The van der Waals surface area contributed by atoms with Crippen molar-refractivity contribution in [1.29, 1.82) is 0 Å². The molecule has 0 atom stereocenters. The summed E-state index contributed by atoms with van der Waals surface area (Å²) in [4.78, 5) is 22.7. The van der Waals surface area contributed by atoms with Gasteiger partial charge in [0, 0.05) is 23.2 Å². The molecule has 0 bridgehead atoms. The van der Waals surface area contributed by atoms with Crippen molar-refractivity contribution in [1.82, 2.24) is 0 Å². The molecule has 0 heterocycles. The fourth-order valence-electron chi connectivity index (χ4n) is 1.88. The summed E-state index contributed by atoms with van der Waals surface area (Å²) in [5.41, 5.74) is 8.26. The van der Waals surface area contributed by atoms with E-state index in [1.807, 2.05) is 24.3 Å². The number of allylic oxidation sites excluding steroid dienone is 1. The molecular weight excluding hydrogens is 250 g/mol. The molecule has 0 aliphatic heterocycles. The van der Waals surface area contributed by atoms with Crippen molar-refractivity contribution < 1.29 is 9.59 Å². The van der Waals surface area contributed by atoms with E-state index < -0.39 is 0 Å². The van der Waals surface area contributed by atoms with Crippen LogP contribution >= 0.6 is 0 Å². The fourth-order valence-corrected chi connectivity index (χ4v) is 1.88. The van der Waals surface area contributed by atoms with Gasteiger partial charge in [-0.05, 0) is 17.7 Å². The van der Waals surface area contributed by atoms with Crippen molar-refractivity contribution in [2.24, 2.45) is 0 Å². The second-order valence-electron chi connectivity index (χ2n) is 4.35. The first-order valence-corrected chi connectivity index (χ1v) is 6.32. The zero-order valence-corrected chi connectivity index (χ0v) is 11.0. The standard InChI is InChI=1S/C17H15NO2/c18-16-10-9-13(6-4-5-11-19)12-15(16)17(20)14-7-2-1-3-8-14/h1-4,6-12H,5,18H2. The lowest BCUT2D eigenvalue weighted by atomic mass is 9.99. The highest BCUT2D eigenvalue weighted by Crippen LogP contribution is 2.19. The highest BCUT2D eigenvalue weighted by Gasteiger charge is 2.12. The molecule has 0 spiro atoms. The van der Waals surface area contributed by atoms with Gasteiger partial charge in [0.05, 0.1) is 0 Å². The van der Waals surface area contributed by atoms with Crippen molar-refractivity contribution >= 4 is 23.8 Å². The minimum Gasteiger partial charge on any atom is -0.398 e. The lowest BCUT2D eigenvalue weighted by Crippen LogP contribution is -2.05. The Morgan fingerprint density at radius 3 is 2.55 bits per heavy atom. The second kappa shape index (κ2) is 6.48. The molecule has 2 N–H and O–H groups in total. The fraction of sp³-hybridized carbons (Fsp3) is 0.0588. The number of aldehydes is 1. The number of nitrogens with two attached hydrogens (primary N) is 1. The van der Waals surface area contributed by atoms with Gasteiger partial charge in [0.25, 0.3) is 0 Å². The van der Waals surface area contributed by atoms with Crippen molar-refractivity contribution in [2.45, 2.75) is 6.42 Å². The van der Waals surface area contributed by atoms with E-state index in [4.69, 9.17) is 5.73 Å². The molecule has 0 unspecified atom stereocenters. The van der Waals surface area contributed by atoms with Gasteiger partial charge in [0.15, 0.2) is 5.78 Å². The zero-order chi connectivity index (χ0) is 14.4. The highest BCUT2D eigenvalue weighted by atomic mass is 16.1. The molecular formula is C17H15NO2. The monoisotopic (exact) mass is 265 g/mol. The lowest BCUT2D eigenvalue weighted by molar-refractivity contribution is -0.107. The van der Waals surface area contributed by atoms with E-state index in [0.29, 0.717) is 23.2 Å². The predicted molar refractivity (Wildman–Crippen MR) is 80.4 cm³/mol. The van der Waals surface area contributed by atoms with Crippen LogP contribution in [-0.2, 0) is 4.79 Å². The molecule has 2 aromatic carbocycles. The number of nitrogen functional groups attached to an aromatic ring is 1. The van der Waals surface area contributed by atoms with E-state index in [1.54, 1.807) is 36.4 Å². The van der Waals surface area contributed by atoms with Crippen LogP contribution in [0.15, 0.2) is 54.6 Å². The number of hydrogen-bond acceptors (Lipinski definition) is 3. The summed E-state index contributed by atoms with van der Waals surface area (Å²) >= 11 is 0. The number of carbonyl (C=O) groups is 2. The molecule has 0 aromatic heterocycles. The molecule has 0 aliphatic carbocycles. The Kier molecular flexibility index (Phi) is 4.45. The van der Waals surface area contributed by atoms with Crippen LogP contribution in [0.3, 0.4) is 0 Å². The molecule has 0 radical (unpaired) electrons. The number of anilines is 1. The third kappa shape index (κ3) is 3.20. The molecule has 2 aromatic rings. The van der Waals surface area contributed by atoms with Gasteiger partial charge in [-0.25, -0.2) is 0 Å². The molecule has 2 rings (SSSR count). The van der Waals surface area contributed by atoms with E-state index in [0.717, 1.165) is 11.8 Å². The third-order valence-corrected chi connectivity index (χ3v) is 2.90. The van der Waals surface area contributed by atoms with Crippen LogP contribution in [0.5, 0.6) is 0 Å². The first-order chi connectivity index (χ1) is 9.72. The van der Waals surface area contributed by atoms with Crippen LogP contribution < -0.4 is 5.73 Å². The van der Waals surface area contributed by atoms with Crippen LogP contribution in [0.1, 0.15) is 27.9 Å². The normalized spacial score (nSPS) is 10.6. The van der Waals surface area contributed by atoms with Crippen molar-refractivity contribution in [3.05, 3.63) is 71.3 Å². The molecule has 0 fully saturated rings. The van der Waals surface area contributed by atoms with Crippen LogP contribution in [-0.4, -0.2) is 12.1 Å². The van der Waals surface area contributed by atoms with Gasteiger partial charge in [-0.2, -0.15) is 0 Å². The summed E-state index contributed by atoms with van der Waals surface area (Å²) < 4.78 is 0. The lowest BCUT2D eigenvalue weighted by Gasteiger charge is -2.06. The van der Waals surface area contributed by atoms with E-state index in [1.165, 1.54) is 0 Å². The number of carbonyl (C=O) groups excluding carboxylic acids is 2. The van der Waals surface area contributed by atoms with Crippen LogP contribution in [0, 0.1) is 0 Å². The maximum Gasteiger partial charge on any atom is 0.195 e. The van der Waals surface area contributed by atoms with Gasteiger partial charge >= 0.3 is 0 Å². The summed E-state index contributed by atoms with van der Waals surface area (Å²) in [6, 6.07) is 14.3. The molecule has 0 aliphatic rings. The number of benzene rings is 2. The smallest absolute Gasteiger partial charge is 0.195 e. The van der Waals surface area contributed by atoms with Gasteiger partial charge in [-0.15, -0.1) is 0 Å². The number of rotatable bonds is 5. The Morgan fingerprint density at radius 2 is 1.85 bits per heavy atom. The zero-order valence-electron chi connectivity index (χ0n) is 11.0. The van der Waals surface area contributed by atoms with Gasteiger partial charge in [-0.1, -0.05) is 48.6 Å². The molecule has 0 saturated heterocycles. The number of ketones is 1. The van der Waals surface area contributed by atoms with Crippen LogP contribution in [0.4, 0.5) is 5.69 Å². The molecule has 0 saturated carbocycles. The Morgan fingerprint density at radius 1 is 1.10 bits per heavy atom. The predicted octanol–water partition coefficient (Wildman–Crippen LogP) is 3.10. The van der Waals surface area contributed by atoms with E-state index in [-0.39, 0.29) is 5.78 Å². The summed E-state index contributed by atoms with van der Waals surface area (Å²) in [6.45, 7) is 0. The van der Waals surface area contributed by atoms with Crippen molar-refractivity contribution in [2.75, 3.05) is 5.73 Å². The molecule has 3 nitrogen and oxygen atoms in total. The van der Waals surface area contributed by atoms with E-state index >= 15 is 0 Å². The average Bonchev–Trinajstić information content (AvgIpc) is 2.49. The second-order valence-corrected chi connectivity index (χ2v) is 4.35. The van der Waals surface area contributed by atoms with Crippen LogP contribution in [0.25, 0.3) is 6.08 Å². The molecule has 20 heavy (non-hydrogen) atoms. The van der Waals surface area contributed by atoms with Crippen LogP contribution in [0.2, 0.25) is 0 Å². The van der Waals surface area contributed by atoms with Crippen molar-refractivity contribution in [3.8, 4) is 0 Å². The Balaban J connectivity index is 2.33. The first-order valence-electron chi connectivity index (χ1n) is 6.32. The third-order valence-electron chi connectivity index (χ3n) is 2.90. The molecule has 3 heteroatoms. The maximum atomic E-state index is 12.4. The van der Waals surface area contributed by atoms with Gasteiger partial charge < -0.3 is 10.5 Å². The SMILES string of the molecule is Nc1ccc(C=CCC=O)cc1C(=O)c1ccccc1. The summed E-state index contributed by atoms with van der Waals surface area (Å²) in [5, 5.41) is 0. The summed E-state index contributed by atoms with van der Waals surface area (Å²) in [6.07, 6.45) is 4.72. The quantitative estimate of drug-likeness (QED) is 0.513. The Hall–Kier alpha value is -2.68.